The first-order valence-electron chi connectivity index (χ1n) is 7.23. The highest BCUT2D eigenvalue weighted by Gasteiger charge is 2.27. The Hall–Kier alpha value is -1.29. The van der Waals surface area contributed by atoms with E-state index in [1.54, 1.807) is 6.20 Å². The molecule has 4 nitrogen and oxygen atoms in total. The lowest BCUT2D eigenvalue weighted by molar-refractivity contribution is 0.184. The van der Waals surface area contributed by atoms with E-state index in [0.29, 0.717) is 24.8 Å². The van der Waals surface area contributed by atoms with Gasteiger partial charge >= 0.3 is 0 Å². The van der Waals surface area contributed by atoms with Crippen molar-refractivity contribution < 1.29 is 9.47 Å². The Morgan fingerprint density at radius 2 is 1.95 bits per heavy atom. The van der Waals surface area contributed by atoms with E-state index in [-0.39, 0.29) is 5.54 Å². The van der Waals surface area contributed by atoms with Gasteiger partial charge in [-0.25, -0.2) is 4.98 Å². The van der Waals surface area contributed by atoms with E-state index < -0.39 is 0 Å². The molecule has 2 N–H and O–H groups in total. The molecule has 0 aliphatic heterocycles. The average molecular weight is 264 g/mol. The number of rotatable bonds is 5. The molecule has 4 heteroatoms. The number of nitrogens with two attached hydrogens (primary N) is 1. The molecule has 1 aliphatic carbocycles. The predicted octanol–water partition coefficient (Wildman–Crippen LogP) is 2.91. The van der Waals surface area contributed by atoms with Gasteiger partial charge < -0.3 is 15.2 Å². The van der Waals surface area contributed by atoms with Crippen LogP contribution in [0.15, 0.2) is 18.3 Å². The van der Waals surface area contributed by atoms with Gasteiger partial charge in [-0.2, -0.15) is 0 Å². The van der Waals surface area contributed by atoms with E-state index in [1.165, 1.54) is 25.7 Å². The van der Waals surface area contributed by atoms with Gasteiger partial charge in [0.2, 0.25) is 0 Å². The van der Waals surface area contributed by atoms with Gasteiger partial charge in [0.15, 0.2) is 5.75 Å². The summed E-state index contributed by atoms with van der Waals surface area (Å²) < 4.78 is 11.3. The molecule has 0 amide bonds. The molecule has 0 spiro atoms. The number of hydrogen-bond acceptors (Lipinski definition) is 4. The molecule has 1 saturated carbocycles. The van der Waals surface area contributed by atoms with E-state index in [4.69, 9.17) is 15.2 Å². The van der Waals surface area contributed by atoms with Gasteiger partial charge in [0.1, 0.15) is 6.61 Å². The van der Waals surface area contributed by atoms with Gasteiger partial charge in [0.05, 0.1) is 12.1 Å². The standard InChI is InChI=1S/C15H24N2O2/c1-2-18-13-8-7-11-17-14(13)19-12-15(16)9-5-3-4-6-10-15/h7-8,11H,2-6,9-10,12,16H2,1H3. The molecule has 1 aromatic heterocycles. The first-order chi connectivity index (χ1) is 9.23. The molecule has 0 saturated heterocycles. The Morgan fingerprint density at radius 1 is 1.21 bits per heavy atom. The van der Waals surface area contributed by atoms with Crippen molar-refractivity contribution in [3.8, 4) is 11.6 Å². The van der Waals surface area contributed by atoms with Crippen molar-refractivity contribution >= 4 is 0 Å². The minimum Gasteiger partial charge on any atom is -0.488 e. The topological polar surface area (TPSA) is 57.4 Å². The number of aromatic nitrogens is 1. The third-order valence-corrected chi connectivity index (χ3v) is 3.63. The molecule has 0 aromatic carbocycles. The second-order valence-corrected chi connectivity index (χ2v) is 5.30. The molecule has 1 heterocycles. The number of nitrogens with zero attached hydrogens (tertiary/aromatic N) is 1. The fraction of sp³-hybridized carbons (Fsp3) is 0.667. The van der Waals surface area contributed by atoms with Crippen LogP contribution in [0.2, 0.25) is 0 Å². The van der Waals surface area contributed by atoms with Crippen molar-refractivity contribution in [2.75, 3.05) is 13.2 Å². The van der Waals surface area contributed by atoms with Gasteiger partial charge in [-0.15, -0.1) is 0 Å². The number of hydrogen-bond donors (Lipinski definition) is 1. The van der Waals surface area contributed by atoms with Crippen molar-refractivity contribution in [1.82, 2.24) is 4.98 Å². The van der Waals surface area contributed by atoms with Gasteiger partial charge in [0.25, 0.3) is 5.88 Å². The molecule has 0 bridgehead atoms. The van der Waals surface area contributed by atoms with Crippen LogP contribution in [-0.4, -0.2) is 23.7 Å². The zero-order valence-corrected chi connectivity index (χ0v) is 11.7. The summed E-state index contributed by atoms with van der Waals surface area (Å²) in [7, 11) is 0. The molecule has 0 unspecified atom stereocenters. The van der Waals surface area contributed by atoms with Crippen LogP contribution in [0.1, 0.15) is 45.4 Å². The van der Waals surface area contributed by atoms with E-state index in [9.17, 15) is 0 Å². The smallest absolute Gasteiger partial charge is 0.257 e. The molecule has 2 rings (SSSR count). The molecule has 19 heavy (non-hydrogen) atoms. The second-order valence-electron chi connectivity index (χ2n) is 5.30. The Kier molecular flexibility index (Phi) is 5.02. The zero-order valence-electron chi connectivity index (χ0n) is 11.7. The van der Waals surface area contributed by atoms with Crippen molar-refractivity contribution in [2.24, 2.45) is 5.73 Å². The van der Waals surface area contributed by atoms with Gasteiger partial charge in [-0.3, -0.25) is 0 Å². The third-order valence-electron chi connectivity index (χ3n) is 3.63. The Balaban J connectivity index is 1.97. The van der Waals surface area contributed by atoms with Gasteiger partial charge in [-0.1, -0.05) is 25.7 Å². The third kappa shape index (κ3) is 4.10. The summed E-state index contributed by atoms with van der Waals surface area (Å²) in [5, 5.41) is 0. The van der Waals surface area contributed by atoms with Crippen LogP contribution < -0.4 is 15.2 Å². The molecule has 0 atom stereocenters. The quantitative estimate of drug-likeness (QED) is 0.831. The molecule has 1 aromatic rings. The van der Waals surface area contributed by atoms with Crippen molar-refractivity contribution in [2.45, 2.75) is 51.0 Å². The monoisotopic (exact) mass is 264 g/mol. The number of pyridine rings is 1. The summed E-state index contributed by atoms with van der Waals surface area (Å²) in [6.45, 7) is 3.08. The van der Waals surface area contributed by atoms with Crippen LogP contribution >= 0.6 is 0 Å². The lowest BCUT2D eigenvalue weighted by Gasteiger charge is -2.27. The average Bonchev–Trinajstić information content (AvgIpc) is 2.64. The van der Waals surface area contributed by atoms with Crippen molar-refractivity contribution in [3.63, 3.8) is 0 Å². The highest BCUT2D eigenvalue weighted by atomic mass is 16.5. The van der Waals surface area contributed by atoms with E-state index in [1.807, 2.05) is 19.1 Å². The Bertz CT molecular complexity index is 387. The van der Waals surface area contributed by atoms with Crippen LogP contribution in [0.3, 0.4) is 0 Å². The maximum Gasteiger partial charge on any atom is 0.257 e. The van der Waals surface area contributed by atoms with Crippen LogP contribution in [0.5, 0.6) is 11.6 Å². The zero-order chi connectivity index (χ0) is 13.6. The summed E-state index contributed by atoms with van der Waals surface area (Å²) in [6.07, 6.45) is 8.74. The van der Waals surface area contributed by atoms with E-state index >= 15 is 0 Å². The minimum atomic E-state index is -0.211. The Labute approximate surface area is 115 Å². The number of ether oxygens (including phenoxy) is 2. The molecule has 106 valence electrons. The van der Waals surface area contributed by atoms with Crippen LogP contribution in [-0.2, 0) is 0 Å². The van der Waals surface area contributed by atoms with Crippen LogP contribution in [0, 0.1) is 0 Å². The minimum absolute atomic E-state index is 0.211. The van der Waals surface area contributed by atoms with Crippen LogP contribution in [0.4, 0.5) is 0 Å². The first-order valence-corrected chi connectivity index (χ1v) is 7.23. The van der Waals surface area contributed by atoms with Crippen molar-refractivity contribution in [1.29, 1.82) is 0 Å². The Morgan fingerprint density at radius 3 is 2.63 bits per heavy atom. The molecular formula is C15H24N2O2. The fourth-order valence-corrected chi connectivity index (χ4v) is 2.54. The first kappa shape index (κ1) is 14.1. The molecule has 1 aliphatic rings. The highest BCUT2D eigenvalue weighted by molar-refractivity contribution is 5.32. The molecule has 0 radical (unpaired) electrons. The largest absolute Gasteiger partial charge is 0.488 e. The maximum absolute atomic E-state index is 6.44. The predicted molar refractivity (Wildman–Crippen MR) is 75.5 cm³/mol. The summed E-state index contributed by atoms with van der Waals surface area (Å²) in [6, 6.07) is 3.73. The molecule has 1 fully saturated rings. The second kappa shape index (κ2) is 6.75. The summed E-state index contributed by atoms with van der Waals surface area (Å²) in [4.78, 5) is 4.23. The van der Waals surface area contributed by atoms with Crippen molar-refractivity contribution in [3.05, 3.63) is 18.3 Å². The van der Waals surface area contributed by atoms with E-state index in [2.05, 4.69) is 4.98 Å². The maximum atomic E-state index is 6.44. The van der Waals surface area contributed by atoms with Gasteiger partial charge in [0, 0.05) is 6.20 Å². The lowest BCUT2D eigenvalue weighted by Crippen LogP contribution is -2.45. The fourth-order valence-electron chi connectivity index (χ4n) is 2.54. The van der Waals surface area contributed by atoms with Crippen LogP contribution in [0.25, 0.3) is 0 Å². The lowest BCUT2D eigenvalue weighted by atomic mass is 9.93. The summed E-state index contributed by atoms with van der Waals surface area (Å²) >= 11 is 0. The van der Waals surface area contributed by atoms with Gasteiger partial charge in [-0.05, 0) is 31.9 Å². The molecular weight excluding hydrogens is 240 g/mol. The summed E-state index contributed by atoms with van der Waals surface area (Å²) in [5.41, 5.74) is 6.23. The highest BCUT2D eigenvalue weighted by Crippen LogP contribution is 2.28. The summed E-state index contributed by atoms with van der Waals surface area (Å²) in [5.74, 6) is 1.25. The SMILES string of the molecule is CCOc1cccnc1OCC1(N)CCCCCC1. The normalized spacial score (nSPS) is 18.6. The van der Waals surface area contributed by atoms with E-state index in [0.717, 1.165) is 12.8 Å².